The smallest absolute Gasteiger partial charge is 0.0331 e. The molecule has 1 unspecified atom stereocenters. The first kappa shape index (κ1) is 15.0. The van der Waals surface area contributed by atoms with Crippen LogP contribution >= 0.6 is 11.3 Å². The number of thiophene rings is 1. The molecule has 108 valence electrons. The summed E-state index contributed by atoms with van der Waals surface area (Å²) in [6, 6.07) is 2.97. The van der Waals surface area contributed by atoms with E-state index in [1.807, 2.05) is 11.3 Å². The highest BCUT2D eigenvalue weighted by Crippen LogP contribution is 2.21. The minimum Gasteiger partial charge on any atom is -0.313 e. The van der Waals surface area contributed by atoms with Crippen LogP contribution < -0.4 is 5.32 Å². The topological polar surface area (TPSA) is 15.3 Å². The molecule has 1 aliphatic heterocycles. The number of nitrogens with zero attached hydrogens (tertiary/aromatic N) is 1. The second-order valence-corrected chi connectivity index (χ2v) is 7.09. The summed E-state index contributed by atoms with van der Waals surface area (Å²) in [4.78, 5) is 4.23. The number of hydrogen-bond donors (Lipinski definition) is 1. The molecule has 3 heteroatoms. The van der Waals surface area contributed by atoms with Gasteiger partial charge in [0.25, 0.3) is 0 Å². The van der Waals surface area contributed by atoms with Crippen molar-refractivity contribution in [3.63, 3.8) is 0 Å². The van der Waals surface area contributed by atoms with Crippen molar-refractivity contribution in [1.82, 2.24) is 10.2 Å². The highest BCUT2D eigenvalue weighted by atomic mass is 32.1. The SMILES string of the molecule is CCc1ccsc1CN1CCCNC(CC(C)C)C1. The van der Waals surface area contributed by atoms with Crippen LogP contribution in [0.2, 0.25) is 0 Å². The average molecular weight is 280 g/mol. The number of hydrogen-bond acceptors (Lipinski definition) is 3. The molecule has 0 amide bonds. The first-order chi connectivity index (χ1) is 9.19. The molecule has 0 aliphatic carbocycles. The van der Waals surface area contributed by atoms with Gasteiger partial charge < -0.3 is 5.32 Å². The Hall–Kier alpha value is -0.380. The molecular formula is C16H28N2S. The fourth-order valence-corrected chi connectivity index (χ4v) is 3.99. The molecule has 2 heterocycles. The van der Waals surface area contributed by atoms with Gasteiger partial charge in [-0.25, -0.2) is 0 Å². The molecule has 19 heavy (non-hydrogen) atoms. The van der Waals surface area contributed by atoms with Gasteiger partial charge in [0, 0.05) is 24.0 Å². The minimum atomic E-state index is 0.674. The maximum Gasteiger partial charge on any atom is 0.0331 e. The highest BCUT2D eigenvalue weighted by Gasteiger charge is 2.19. The highest BCUT2D eigenvalue weighted by molar-refractivity contribution is 7.10. The first-order valence-electron chi connectivity index (χ1n) is 7.70. The number of rotatable bonds is 5. The van der Waals surface area contributed by atoms with Crippen LogP contribution in [-0.4, -0.2) is 30.6 Å². The van der Waals surface area contributed by atoms with Crippen molar-refractivity contribution >= 4 is 11.3 Å². The zero-order valence-electron chi connectivity index (χ0n) is 12.6. The summed E-state index contributed by atoms with van der Waals surface area (Å²) < 4.78 is 0. The molecule has 0 bridgehead atoms. The van der Waals surface area contributed by atoms with Crippen molar-refractivity contribution in [3.05, 3.63) is 21.9 Å². The molecule has 1 aromatic heterocycles. The van der Waals surface area contributed by atoms with Crippen molar-refractivity contribution in [2.24, 2.45) is 5.92 Å². The van der Waals surface area contributed by atoms with Crippen molar-refractivity contribution in [2.45, 2.75) is 52.6 Å². The summed E-state index contributed by atoms with van der Waals surface area (Å²) in [6.45, 7) is 11.7. The predicted octanol–water partition coefficient (Wildman–Crippen LogP) is 3.52. The molecule has 1 aliphatic rings. The van der Waals surface area contributed by atoms with Crippen molar-refractivity contribution in [3.8, 4) is 0 Å². The van der Waals surface area contributed by atoms with Crippen molar-refractivity contribution in [1.29, 1.82) is 0 Å². The summed E-state index contributed by atoms with van der Waals surface area (Å²) in [6.07, 6.45) is 3.74. The van der Waals surface area contributed by atoms with Crippen LogP contribution in [0.4, 0.5) is 0 Å². The zero-order valence-corrected chi connectivity index (χ0v) is 13.4. The van der Waals surface area contributed by atoms with Gasteiger partial charge in [-0.05, 0) is 55.3 Å². The van der Waals surface area contributed by atoms with E-state index in [1.54, 1.807) is 10.4 Å². The molecule has 1 fully saturated rings. The number of nitrogens with one attached hydrogen (secondary N) is 1. The molecule has 2 nitrogen and oxygen atoms in total. The molecule has 2 rings (SSSR count). The van der Waals surface area contributed by atoms with Crippen LogP contribution in [0.1, 0.15) is 44.1 Å². The van der Waals surface area contributed by atoms with Gasteiger partial charge in [0.2, 0.25) is 0 Å². The van der Waals surface area contributed by atoms with Crippen molar-refractivity contribution < 1.29 is 0 Å². The summed E-state index contributed by atoms with van der Waals surface area (Å²) in [7, 11) is 0. The Morgan fingerprint density at radius 1 is 1.47 bits per heavy atom. The van der Waals surface area contributed by atoms with Gasteiger partial charge >= 0.3 is 0 Å². The lowest BCUT2D eigenvalue weighted by molar-refractivity contribution is 0.249. The van der Waals surface area contributed by atoms with Gasteiger partial charge in [0.15, 0.2) is 0 Å². The van der Waals surface area contributed by atoms with Gasteiger partial charge in [-0.15, -0.1) is 11.3 Å². The van der Waals surface area contributed by atoms with E-state index >= 15 is 0 Å². The second-order valence-electron chi connectivity index (χ2n) is 6.09. The Bertz CT molecular complexity index is 373. The predicted molar refractivity (Wildman–Crippen MR) is 84.8 cm³/mol. The lowest BCUT2D eigenvalue weighted by Gasteiger charge is -2.25. The summed E-state index contributed by atoms with van der Waals surface area (Å²) in [5.41, 5.74) is 1.54. The summed E-state index contributed by atoms with van der Waals surface area (Å²) in [5.74, 6) is 0.783. The van der Waals surface area contributed by atoms with Gasteiger partial charge in [-0.2, -0.15) is 0 Å². The molecule has 0 aromatic carbocycles. The molecule has 1 aromatic rings. The normalized spacial score (nSPS) is 21.8. The van der Waals surface area contributed by atoms with E-state index in [0.717, 1.165) is 12.5 Å². The van der Waals surface area contributed by atoms with Gasteiger partial charge in [-0.1, -0.05) is 20.8 Å². The fourth-order valence-electron chi connectivity index (χ4n) is 2.97. The quantitative estimate of drug-likeness (QED) is 0.888. The van der Waals surface area contributed by atoms with E-state index in [0.29, 0.717) is 6.04 Å². The van der Waals surface area contributed by atoms with Crippen molar-refractivity contribution in [2.75, 3.05) is 19.6 Å². The van der Waals surface area contributed by atoms with Gasteiger partial charge in [0.05, 0.1) is 0 Å². The molecule has 1 saturated heterocycles. The van der Waals surface area contributed by atoms with E-state index < -0.39 is 0 Å². The third kappa shape index (κ3) is 4.59. The van der Waals surface area contributed by atoms with Crippen LogP contribution in [0.3, 0.4) is 0 Å². The fraction of sp³-hybridized carbons (Fsp3) is 0.750. The van der Waals surface area contributed by atoms with Gasteiger partial charge in [0.1, 0.15) is 0 Å². The molecule has 0 saturated carbocycles. The maximum absolute atomic E-state index is 3.71. The molecule has 0 spiro atoms. The molecular weight excluding hydrogens is 252 g/mol. The molecule has 1 N–H and O–H groups in total. The Balaban J connectivity index is 1.94. The second kappa shape index (κ2) is 7.41. The van der Waals surface area contributed by atoms with Crippen LogP contribution in [0.25, 0.3) is 0 Å². The standard InChI is InChI=1S/C16H28N2S/c1-4-14-6-9-19-16(14)12-18-8-5-7-17-15(11-18)10-13(2)3/h6,9,13,15,17H,4-5,7-8,10-12H2,1-3H3. The Kier molecular flexibility index (Phi) is 5.86. The van der Waals surface area contributed by atoms with Crippen LogP contribution in [0, 0.1) is 5.92 Å². The van der Waals surface area contributed by atoms with Crippen LogP contribution in [0.15, 0.2) is 11.4 Å². The van der Waals surface area contributed by atoms with Crippen LogP contribution in [-0.2, 0) is 13.0 Å². The van der Waals surface area contributed by atoms with Crippen LogP contribution in [0.5, 0.6) is 0 Å². The Labute approximate surface area is 122 Å². The minimum absolute atomic E-state index is 0.674. The third-order valence-electron chi connectivity index (χ3n) is 3.90. The van der Waals surface area contributed by atoms with E-state index in [9.17, 15) is 0 Å². The van der Waals surface area contributed by atoms with E-state index in [-0.39, 0.29) is 0 Å². The Morgan fingerprint density at radius 2 is 2.32 bits per heavy atom. The van der Waals surface area contributed by atoms with E-state index in [2.05, 4.69) is 42.4 Å². The molecule has 1 atom stereocenters. The van der Waals surface area contributed by atoms with E-state index in [1.165, 1.54) is 38.9 Å². The van der Waals surface area contributed by atoms with E-state index in [4.69, 9.17) is 0 Å². The Morgan fingerprint density at radius 3 is 3.05 bits per heavy atom. The first-order valence-corrected chi connectivity index (χ1v) is 8.58. The summed E-state index contributed by atoms with van der Waals surface area (Å²) >= 11 is 1.93. The van der Waals surface area contributed by atoms with Gasteiger partial charge in [-0.3, -0.25) is 4.90 Å². The zero-order chi connectivity index (χ0) is 13.7. The largest absolute Gasteiger partial charge is 0.313 e. The molecule has 0 radical (unpaired) electrons. The average Bonchev–Trinajstić information content (AvgIpc) is 2.69. The lowest BCUT2D eigenvalue weighted by atomic mass is 10.0. The summed E-state index contributed by atoms with van der Waals surface area (Å²) in [5, 5.41) is 5.96. The maximum atomic E-state index is 3.71. The monoisotopic (exact) mass is 280 g/mol. The lowest BCUT2D eigenvalue weighted by Crippen LogP contribution is -2.38. The number of aryl methyl sites for hydroxylation is 1. The third-order valence-corrected chi connectivity index (χ3v) is 4.85.